The van der Waals surface area contributed by atoms with Crippen LogP contribution in [0.3, 0.4) is 0 Å². The molecule has 146 valence electrons. The van der Waals surface area contributed by atoms with Crippen LogP contribution in [0.4, 0.5) is 14.5 Å². The predicted molar refractivity (Wildman–Crippen MR) is 103 cm³/mol. The van der Waals surface area contributed by atoms with Crippen molar-refractivity contribution in [3.63, 3.8) is 0 Å². The lowest BCUT2D eigenvalue weighted by Gasteiger charge is -2.09. The lowest BCUT2D eigenvalue weighted by atomic mass is 10.3. The summed E-state index contributed by atoms with van der Waals surface area (Å²) in [5.41, 5.74) is 0.473. The van der Waals surface area contributed by atoms with E-state index >= 15 is 0 Å². The molecule has 0 saturated carbocycles. The van der Waals surface area contributed by atoms with Gasteiger partial charge in [-0.25, -0.2) is 4.68 Å². The van der Waals surface area contributed by atoms with Crippen LogP contribution in [-0.2, 0) is 6.73 Å². The summed E-state index contributed by atoms with van der Waals surface area (Å²) in [6.07, 6.45) is 1.60. The second kappa shape index (κ2) is 9.03. The fourth-order valence-electron chi connectivity index (χ4n) is 2.19. The van der Waals surface area contributed by atoms with Gasteiger partial charge >= 0.3 is 6.61 Å². The first kappa shape index (κ1) is 20.1. The van der Waals surface area contributed by atoms with Crippen LogP contribution in [0.25, 0.3) is 0 Å². The second-order valence-electron chi connectivity index (χ2n) is 5.45. The Morgan fingerprint density at radius 2 is 1.96 bits per heavy atom. The summed E-state index contributed by atoms with van der Waals surface area (Å²) in [6.45, 7) is -2.86. The van der Waals surface area contributed by atoms with Crippen LogP contribution in [0.2, 0.25) is 5.02 Å². The summed E-state index contributed by atoms with van der Waals surface area (Å²) in [5.74, 6) is -0.00419. The molecule has 1 N–H and O–H groups in total. The van der Waals surface area contributed by atoms with Gasteiger partial charge < -0.3 is 14.8 Å². The lowest BCUT2D eigenvalue weighted by molar-refractivity contribution is -0.0497. The van der Waals surface area contributed by atoms with Crippen LogP contribution in [0.1, 0.15) is 10.5 Å². The Bertz CT molecular complexity index is 967. The Hall–Kier alpha value is -2.65. The molecule has 3 aromatic rings. The Morgan fingerprint density at radius 1 is 1.21 bits per heavy atom. The first-order valence-electron chi connectivity index (χ1n) is 7.88. The third kappa shape index (κ3) is 5.43. The number of alkyl halides is 2. The number of carbonyl (C=O) groups excluding carboxylic acids is 1. The smallest absolute Gasteiger partial charge is 0.387 e. The maximum Gasteiger partial charge on any atom is 0.387 e. The number of aromatic nitrogens is 2. The number of benzene rings is 2. The van der Waals surface area contributed by atoms with Crippen LogP contribution < -0.4 is 14.8 Å². The third-order valence-corrected chi connectivity index (χ3v) is 4.28. The summed E-state index contributed by atoms with van der Waals surface area (Å²) in [4.78, 5) is 12.3. The summed E-state index contributed by atoms with van der Waals surface area (Å²) in [6, 6.07) is 12.8. The van der Waals surface area contributed by atoms with Crippen molar-refractivity contribution >= 4 is 39.1 Å². The molecule has 28 heavy (non-hydrogen) atoms. The number of rotatable bonds is 7. The SMILES string of the molecule is O=C(Nc1ccc(OC(F)F)c(Cl)c1)c1ccn(COc2ccc(Br)cc2)n1. The molecule has 1 amide bonds. The highest BCUT2D eigenvalue weighted by molar-refractivity contribution is 9.10. The molecular weight excluding hydrogens is 460 g/mol. The maximum atomic E-state index is 12.3. The molecule has 3 rings (SSSR count). The molecule has 2 aromatic carbocycles. The number of nitrogens with one attached hydrogen (secondary N) is 1. The zero-order valence-corrected chi connectivity index (χ0v) is 16.5. The highest BCUT2D eigenvalue weighted by atomic mass is 79.9. The largest absolute Gasteiger partial charge is 0.471 e. The molecule has 1 heterocycles. The Morgan fingerprint density at radius 3 is 2.64 bits per heavy atom. The van der Waals surface area contributed by atoms with Crippen LogP contribution in [-0.4, -0.2) is 22.3 Å². The first-order valence-corrected chi connectivity index (χ1v) is 9.05. The molecule has 0 saturated heterocycles. The van der Waals surface area contributed by atoms with E-state index in [0.29, 0.717) is 11.4 Å². The minimum Gasteiger partial charge on any atom is -0.471 e. The van der Waals surface area contributed by atoms with Gasteiger partial charge in [0.05, 0.1) is 5.02 Å². The van der Waals surface area contributed by atoms with Crippen molar-refractivity contribution in [3.8, 4) is 11.5 Å². The van der Waals surface area contributed by atoms with Gasteiger partial charge in [-0.1, -0.05) is 27.5 Å². The normalized spacial score (nSPS) is 10.8. The minimum absolute atomic E-state index is 0.0495. The molecule has 6 nitrogen and oxygen atoms in total. The lowest BCUT2D eigenvalue weighted by Crippen LogP contribution is -2.14. The van der Waals surface area contributed by atoms with Gasteiger partial charge in [-0.3, -0.25) is 4.79 Å². The number of nitrogens with zero attached hydrogens (tertiary/aromatic N) is 2. The van der Waals surface area contributed by atoms with Gasteiger partial charge in [-0.2, -0.15) is 13.9 Å². The van der Waals surface area contributed by atoms with Crippen LogP contribution >= 0.6 is 27.5 Å². The molecule has 0 spiro atoms. The molecule has 0 unspecified atom stereocenters. The third-order valence-electron chi connectivity index (χ3n) is 3.46. The van der Waals surface area contributed by atoms with Gasteiger partial charge in [0.1, 0.15) is 11.5 Å². The Labute approximate surface area is 172 Å². The van der Waals surface area contributed by atoms with E-state index in [-0.39, 0.29) is 23.2 Å². The second-order valence-corrected chi connectivity index (χ2v) is 6.77. The van der Waals surface area contributed by atoms with Crippen molar-refractivity contribution < 1.29 is 23.0 Å². The summed E-state index contributed by atoms with van der Waals surface area (Å²) in [5, 5.41) is 6.67. The average molecular weight is 473 g/mol. The fourth-order valence-corrected chi connectivity index (χ4v) is 2.68. The maximum absolute atomic E-state index is 12.3. The summed E-state index contributed by atoms with van der Waals surface area (Å²) >= 11 is 9.21. The van der Waals surface area contributed by atoms with Gasteiger partial charge in [0.15, 0.2) is 12.4 Å². The number of hydrogen-bond donors (Lipinski definition) is 1. The number of halogens is 4. The van der Waals surface area contributed by atoms with E-state index in [1.807, 2.05) is 12.1 Å². The molecule has 0 aliphatic rings. The van der Waals surface area contributed by atoms with E-state index in [1.54, 1.807) is 18.3 Å². The van der Waals surface area contributed by atoms with Crippen molar-refractivity contribution in [2.45, 2.75) is 13.3 Å². The average Bonchev–Trinajstić information content (AvgIpc) is 3.12. The van der Waals surface area contributed by atoms with Crippen molar-refractivity contribution in [1.82, 2.24) is 9.78 Å². The number of amides is 1. The van der Waals surface area contributed by atoms with Gasteiger partial charge in [0.2, 0.25) is 0 Å². The standard InChI is InChI=1S/C18H13BrClF2N3O3/c19-11-1-4-13(5-2-11)27-10-25-8-7-15(24-25)17(26)23-12-3-6-16(14(20)9-12)28-18(21)22/h1-9,18H,10H2,(H,23,26). The monoisotopic (exact) mass is 471 g/mol. The molecule has 0 bridgehead atoms. The molecule has 0 fully saturated rings. The van der Waals surface area contributed by atoms with Crippen molar-refractivity contribution in [2.75, 3.05) is 5.32 Å². The van der Waals surface area contributed by atoms with E-state index < -0.39 is 12.5 Å². The molecular formula is C18H13BrClF2N3O3. The summed E-state index contributed by atoms with van der Waals surface area (Å²) < 4.78 is 36.7. The molecule has 10 heteroatoms. The minimum atomic E-state index is -2.98. The first-order chi connectivity index (χ1) is 13.4. The summed E-state index contributed by atoms with van der Waals surface area (Å²) in [7, 11) is 0. The Kier molecular flexibility index (Phi) is 6.48. The van der Waals surface area contributed by atoms with Crippen LogP contribution in [0.5, 0.6) is 11.5 Å². The molecule has 0 atom stereocenters. The van der Waals surface area contributed by atoms with E-state index in [4.69, 9.17) is 16.3 Å². The van der Waals surface area contributed by atoms with Crippen molar-refractivity contribution in [1.29, 1.82) is 0 Å². The molecule has 1 aromatic heterocycles. The van der Waals surface area contributed by atoms with Crippen molar-refractivity contribution in [2.24, 2.45) is 0 Å². The van der Waals surface area contributed by atoms with Crippen LogP contribution in [0.15, 0.2) is 59.2 Å². The van der Waals surface area contributed by atoms with Gasteiger partial charge in [-0.15, -0.1) is 0 Å². The number of carbonyl (C=O) groups is 1. The number of anilines is 1. The number of hydrogen-bond acceptors (Lipinski definition) is 4. The van der Waals surface area contributed by atoms with Gasteiger partial charge in [-0.05, 0) is 48.5 Å². The highest BCUT2D eigenvalue weighted by Crippen LogP contribution is 2.29. The van der Waals surface area contributed by atoms with E-state index in [9.17, 15) is 13.6 Å². The van der Waals surface area contributed by atoms with E-state index in [2.05, 4.69) is 31.1 Å². The van der Waals surface area contributed by atoms with Gasteiger partial charge in [0.25, 0.3) is 5.91 Å². The molecule has 0 aliphatic heterocycles. The zero-order valence-electron chi connectivity index (χ0n) is 14.1. The molecule has 0 radical (unpaired) electrons. The highest BCUT2D eigenvalue weighted by Gasteiger charge is 2.13. The zero-order chi connectivity index (χ0) is 20.1. The quantitative estimate of drug-likeness (QED) is 0.514. The van der Waals surface area contributed by atoms with E-state index in [0.717, 1.165) is 4.47 Å². The van der Waals surface area contributed by atoms with Gasteiger partial charge in [0, 0.05) is 16.4 Å². The fraction of sp³-hybridized carbons (Fsp3) is 0.111. The predicted octanol–water partition coefficient (Wildman–Crippen LogP) is 5.19. The Balaban J connectivity index is 1.59. The van der Waals surface area contributed by atoms with E-state index in [1.165, 1.54) is 28.9 Å². The molecule has 0 aliphatic carbocycles. The number of ether oxygens (including phenoxy) is 2. The van der Waals surface area contributed by atoms with Crippen molar-refractivity contribution in [3.05, 3.63) is 69.9 Å². The topological polar surface area (TPSA) is 65.4 Å². The van der Waals surface area contributed by atoms with Crippen LogP contribution in [0, 0.1) is 0 Å².